The van der Waals surface area contributed by atoms with E-state index in [9.17, 15) is 0 Å². The van der Waals surface area contributed by atoms with Gasteiger partial charge in [0.15, 0.2) is 0 Å². The second-order valence-electron chi connectivity index (χ2n) is 6.04. The van der Waals surface area contributed by atoms with Crippen LogP contribution in [0, 0.1) is 16.7 Å². The summed E-state index contributed by atoms with van der Waals surface area (Å²) >= 11 is 0. The Morgan fingerprint density at radius 1 is 1.20 bits per heavy atom. The maximum absolute atomic E-state index is 8.97. The molecule has 0 fully saturated rings. The van der Waals surface area contributed by atoms with Gasteiger partial charge in [0.25, 0.3) is 0 Å². The van der Waals surface area contributed by atoms with E-state index in [0.717, 1.165) is 38.1 Å². The molecule has 3 nitrogen and oxygen atoms in total. The van der Waals surface area contributed by atoms with Gasteiger partial charge in [-0.1, -0.05) is 18.6 Å². The lowest BCUT2D eigenvalue weighted by Crippen LogP contribution is -2.19. The first-order valence-electron chi connectivity index (χ1n) is 7.19. The molecule has 0 atom stereocenters. The Bertz CT molecular complexity index is 431. The van der Waals surface area contributed by atoms with Gasteiger partial charge in [-0.25, -0.2) is 0 Å². The van der Waals surface area contributed by atoms with Gasteiger partial charge in [-0.05, 0) is 58.0 Å². The summed E-state index contributed by atoms with van der Waals surface area (Å²) in [6.45, 7) is 6.03. The highest BCUT2D eigenvalue weighted by Gasteiger charge is 2.15. The van der Waals surface area contributed by atoms with Crippen LogP contribution >= 0.6 is 0 Å². The van der Waals surface area contributed by atoms with Crippen molar-refractivity contribution in [2.45, 2.75) is 39.7 Å². The maximum atomic E-state index is 8.97. The van der Waals surface area contributed by atoms with Crippen molar-refractivity contribution in [3.05, 3.63) is 29.8 Å². The molecule has 0 aliphatic carbocycles. The van der Waals surface area contributed by atoms with E-state index in [1.54, 1.807) is 7.11 Å². The van der Waals surface area contributed by atoms with Crippen molar-refractivity contribution in [3.63, 3.8) is 0 Å². The lowest BCUT2D eigenvalue weighted by Gasteiger charge is -2.19. The molecule has 0 bridgehead atoms. The second-order valence-corrected chi connectivity index (χ2v) is 6.04. The summed E-state index contributed by atoms with van der Waals surface area (Å²) in [4.78, 5) is 2.32. The Morgan fingerprint density at radius 2 is 1.85 bits per heavy atom. The lowest BCUT2D eigenvalue weighted by molar-refractivity contribution is 0.307. The molecule has 1 aromatic rings. The molecule has 0 saturated heterocycles. The molecular formula is C17H26N2O. The first-order valence-corrected chi connectivity index (χ1v) is 7.19. The summed E-state index contributed by atoms with van der Waals surface area (Å²) in [7, 11) is 3.82. The van der Waals surface area contributed by atoms with Gasteiger partial charge in [-0.15, -0.1) is 0 Å². The molecule has 1 aromatic carbocycles. The fourth-order valence-corrected chi connectivity index (χ4v) is 2.13. The van der Waals surface area contributed by atoms with E-state index in [4.69, 9.17) is 10.00 Å². The number of methoxy groups -OCH3 is 1. The Hall–Kier alpha value is -1.53. The van der Waals surface area contributed by atoms with Crippen molar-refractivity contribution < 1.29 is 4.74 Å². The van der Waals surface area contributed by atoms with Gasteiger partial charge in [0.05, 0.1) is 18.6 Å². The Labute approximate surface area is 123 Å². The minimum Gasteiger partial charge on any atom is -0.497 e. The average molecular weight is 274 g/mol. The fraction of sp³-hybridized carbons (Fsp3) is 0.588. The topological polar surface area (TPSA) is 36.3 Å². The van der Waals surface area contributed by atoms with Crippen LogP contribution in [0.4, 0.5) is 0 Å². The number of unbranched alkanes of at least 4 members (excludes halogenated alkanes) is 1. The minimum absolute atomic E-state index is 0.186. The quantitative estimate of drug-likeness (QED) is 0.676. The smallest absolute Gasteiger partial charge is 0.118 e. The molecule has 0 heterocycles. The highest BCUT2D eigenvalue weighted by Crippen LogP contribution is 2.21. The van der Waals surface area contributed by atoms with Gasteiger partial charge in [0, 0.05) is 6.54 Å². The molecule has 0 aliphatic rings. The molecule has 0 amide bonds. The summed E-state index contributed by atoms with van der Waals surface area (Å²) < 4.78 is 5.16. The first-order chi connectivity index (χ1) is 9.46. The van der Waals surface area contributed by atoms with Crippen molar-refractivity contribution in [1.29, 1.82) is 5.26 Å². The van der Waals surface area contributed by atoms with Gasteiger partial charge >= 0.3 is 0 Å². The molecule has 3 heteroatoms. The van der Waals surface area contributed by atoms with Crippen LogP contribution in [0.2, 0.25) is 0 Å². The SMILES string of the molecule is COc1ccc(CN(C)CCCCC(C)(C)C#N)cc1. The van der Waals surface area contributed by atoms with Crippen LogP contribution in [-0.2, 0) is 6.54 Å². The predicted molar refractivity (Wildman–Crippen MR) is 82.6 cm³/mol. The van der Waals surface area contributed by atoms with Crippen LogP contribution < -0.4 is 4.74 Å². The van der Waals surface area contributed by atoms with Crippen LogP contribution in [0.3, 0.4) is 0 Å². The number of nitrogens with zero attached hydrogens (tertiary/aromatic N) is 2. The third-order valence-corrected chi connectivity index (χ3v) is 3.51. The van der Waals surface area contributed by atoms with Crippen molar-refractivity contribution in [1.82, 2.24) is 4.90 Å². The third kappa shape index (κ3) is 6.08. The van der Waals surface area contributed by atoms with E-state index in [2.05, 4.69) is 30.1 Å². The van der Waals surface area contributed by atoms with E-state index < -0.39 is 0 Å². The Balaban J connectivity index is 2.26. The average Bonchev–Trinajstić information content (AvgIpc) is 2.44. The Kier molecular flexibility index (Phi) is 6.54. The van der Waals surface area contributed by atoms with Gasteiger partial charge in [0.1, 0.15) is 5.75 Å². The zero-order valence-electron chi connectivity index (χ0n) is 13.1. The summed E-state index contributed by atoms with van der Waals surface area (Å²) in [5.74, 6) is 0.898. The summed E-state index contributed by atoms with van der Waals surface area (Å²) in [5, 5.41) is 8.97. The van der Waals surface area contributed by atoms with Crippen molar-refractivity contribution in [3.8, 4) is 11.8 Å². The van der Waals surface area contributed by atoms with Crippen LogP contribution in [0.5, 0.6) is 5.75 Å². The highest BCUT2D eigenvalue weighted by atomic mass is 16.5. The first kappa shape index (κ1) is 16.5. The fourth-order valence-electron chi connectivity index (χ4n) is 2.13. The lowest BCUT2D eigenvalue weighted by atomic mass is 9.89. The normalized spacial score (nSPS) is 11.4. The summed E-state index contributed by atoms with van der Waals surface area (Å²) in [6, 6.07) is 10.6. The molecule has 0 radical (unpaired) electrons. The van der Waals surface area contributed by atoms with Gasteiger partial charge in [0.2, 0.25) is 0 Å². The highest BCUT2D eigenvalue weighted by molar-refractivity contribution is 5.26. The molecule has 0 aliphatic heterocycles. The summed E-state index contributed by atoms with van der Waals surface area (Å²) in [6.07, 6.45) is 3.21. The molecule has 0 saturated carbocycles. The van der Waals surface area contributed by atoms with Crippen LogP contribution in [0.15, 0.2) is 24.3 Å². The molecule has 110 valence electrons. The van der Waals surface area contributed by atoms with E-state index in [1.807, 2.05) is 26.0 Å². The number of benzene rings is 1. The van der Waals surface area contributed by atoms with Crippen molar-refractivity contribution >= 4 is 0 Å². The van der Waals surface area contributed by atoms with Crippen LogP contribution in [0.1, 0.15) is 38.7 Å². The van der Waals surface area contributed by atoms with Crippen LogP contribution in [0.25, 0.3) is 0 Å². The third-order valence-electron chi connectivity index (χ3n) is 3.51. The monoisotopic (exact) mass is 274 g/mol. The zero-order chi connectivity index (χ0) is 15.0. The number of hydrogen-bond donors (Lipinski definition) is 0. The van der Waals surface area contributed by atoms with E-state index in [-0.39, 0.29) is 5.41 Å². The van der Waals surface area contributed by atoms with Gasteiger partial charge in [-0.3, -0.25) is 0 Å². The molecule has 0 spiro atoms. The zero-order valence-corrected chi connectivity index (χ0v) is 13.1. The number of nitriles is 1. The molecule has 20 heavy (non-hydrogen) atoms. The molecule has 0 N–H and O–H groups in total. The molecule has 1 rings (SSSR count). The largest absolute Gasteiger partial charge is 0.497 e. The minimum atomic E-state index is -0.186. The van der Waals surface area contributed by atoms with E-state index in [1.165, 1.54) is 5.56 Å². The second kappa shape index (κ2) is 7.91. The molecular weight excluding hydrogens is 248 g/mol. The maximum Gasteiger partial charge on any atom is 0.118 e. The van der Waals surface area contributed by atoms with Crippen molar-refractivity contribution in [2.75, 3.05) is 20.7 Å². The molecule has 0 aromatic heterocycles. The van der Waals surface area contributed by atoms with Gasteiger partial charge < -0.3 is 9.64 Å². The number of hydrogen-bond acceptors (Lipinski definition) is 3. The predicted octanol–water partition coefficient (Wildman–Crippen LogP) is 3.85. The number of ether oxygens (including phenoxy) is 1. The summed E-state index contributed by atoms with van der Waals surface area (Å²) in [5.41, 5.74) is 1.11. The Morgan fingerprint density at radius 3 is 2.40 bits per heavy atom. The molecule has 0 unspecified atom stereocenters. The van der Waals surface area contributed by atoms with E-state index >= 15 is 0 Å². The van der Waals surface area contributed by atoms with Crippen molar-refractivity contribution in [2.24, 2.45) is 5.41 Å². The van der Waals surface area contributed by atoms with Crippen LogP contribution in [-0.4, -0.2) is 25.6 Å². The number of rotatable bonds is 8. The van der Waals surface area contributed by atoms with Gasteiger partial charge in [-0.2, -0.15) is 5.26 Å². The standard InChI is InChI=1S/C17H26N2O/c1-17(2,14-18)11-5-6-12-19(3)13-15-7-9-16(20-4)10-8-15/h7-10H,5-6,11-13H2,1-4H3. The van der Waals surface area contributed by atoms with E-state index in [0.29, 0.717) is 0 Å².